The van der Waals surface area contributed by atoms with Gasteiger partial charge in [-0.05, 0) is 31.9 Å². The van der Waals surface area contributed by atoms with E-state index in [9.17, 15) is 0 Å². The average molecular weight is 220 g/mol. The molecule has 0 amide bonds. The molecule has 16 heavy (non-hydrogen) atoms. The first-order chi connectivity index (χ1) is 7.86. The van der Waals surface area contributed by atoms with Gasteiger partial charge in [0.15, 0.2) is 0 Å². The Morgan fingerprint density at radius 2 is 2.62 bits per heavy atom. The second-order valence-corrected chi connectivity index (χ2v) is 3.85. The van der Waals surface area contributed by atoms with E-state index in [1.165, 1.54) is 0 Å². The molecule has 1 fully saturated rings. The third-order valence-corrected chi connectivity index (χ3v) is 2.57. The molecule has 0 saturated carbocycles. The molecule has 0 bridgehead atoms. The molecule has 1 saturated heterocycles. The fourth-order valence-corrected chi connectivity index (χ4v) is 1.62. The normalized spacial score (nSPS) is 21.1. The van der Waals surface area contributed by atoms with Gasteiger partial charge in [-0.15, -0.1) is 0 Å². The average Bonchev–Trinajstić information content (AvgIpc) is 2.83. The first-order valence-electron chi connectivity index (χ1n) is 5.55. The van der Waals surface area contributed by atoms with E-state index < -0.39 is 0 Å². The highest BCUT2D eigenvalue weighted by Crippen LogP contribution is 2.12. The van der Waals surface area contributed by atoms with Crippen molar-refractivity contribution in [2.75, 3.05) is 13.2 Å². The van der Waals surface area contributed by atoms with Crippen LogP contribution in [0.4, 0.5) is 0 Å². The highest BCUT2D eigenvalue weighted by Gasteiger charge is 2.15. The van der Waals surface area contributed by atoms with Crippen molar-refractivity contribution in [3.8, 4) is 0 Å². The lowest BCUT2D eigenvalue weighted by Crippen LogP contribution is -2.12. The zero-order chi connectivity index (χ0) is 11.2. The van der Waals surface area contributed by atoms with Gasteiger partial charge in [-0.1, -0.05) is 5.16 Å². The second-order valence-electron chi connectivity index (χ2n) is 3.85. The number of hydrogen-bond acceptors (Lipinski definition) is 4. The Labute approximate surface area is 95.3 Å². The molecule has 1 aliphatic rings. The van der Waals surface area contributed by atoms with Gasteiger partial charge in [0.1, 0.15) is 6.61 Å². The van der Waals surface area contributed by atoms with Crippen LogP contribution in [0.25, 0.3) is 0 Å². The van der Waals surface area contributed by atoms with Crippen molar-refractivity contribution in [1.29, 1.82) is 0 Å². The third kappa shape index (κ3) is 3.03. The van der Waals surface area contributed by atoms with Crippen LogP contribution in [0.5, 0.6) is 0 Å². The van der Waals surface area contributed by atoms with Crippen LogP contribution in [-0.4, -0.2) is 30.0 Å². The Kier molecular flexibility index (Phi) is 3.88. The molecule has 0 N–H and O–H groups in total. The minimum Gasteiger partial charge on any atom is -0.393 e. The monoisotopic (exact) mass is 220 g/mol. The Hall–Kier alpha value is -1.42. The van der Waals surface area contributed by atoms with Gasteiger partial charge < -0.3 is 9.57 Å². The molecule has 0 aromatic carbocycles. The fraction of sp³-hybridized carbons (Fsp3) is 0.500. The molecule has 1 aromatic heterocycles. The first kappa shape index (κ1) is 11.1. The largest absolute Gasteiger partial charge is 0.393 e. The molecule has 4 heteroatoms. The molecule has 0 spiro atoms. The standard InChI is InChI=1S/C12H16N2O2/c1-10(11-4-2-6-13-8-11)14-16-9-12-5-3-7-15-12/h2,4,6,8,12H,3,5,7,9H2,1H3/b14-10+. The van der Waals surface area contributed by atoms with E-state index in [1.54, 1.807) is 12.4 Å². The molecule has 2 rings (SSSR count). The first-order valence-corrected chi connectivity index (χ1v) is 5.55. The van der Waals surface area contributed by atoms with Crippen LogP contribution in [0, 0.1) is 0 Å². The van der Waals surface area contributed by atoms with E-state index >= 15 is 0 Å². The van der Waals surface area contributed by atoms with Crippen molar-refractivity contribution in [3.05, 3.63) is 30.1 Å². The summed E-state index contributed by atoms with van der Waals surface area (Å²) in [6.45, 7) is 3.30. The number of oxime groups is 1. The summed E-state index contributed by atoms with van der Waals surface area (Å²) < 4.78 is 5.43. The van der Waals surface area contributed by atoms with Crippen molar-refractivity contribution in [1.82, 2.24) is 4.98 Å². The predicted octanol–water partition coefficient (Wildman–Crippen LogP) is 2.00. The molecule has 1 aromatic rings. The molecule has 1 atom stereocenters. The molecular formula is C12H16N2O2. The van der Waals surface area contributed by atoms with Crippen LogP contribution >= 0.6 is 0 Å². The molecule has 0 aliphatic carbocycles. The number of rotatable bonds is 4. The maximum atomic E-state index is 5.43. The molecule has 2 heterocycles. The van der Waals surface area contributed by atoms with Crippen LogP contribution < -0.4 is 0 Å². The summed E-state index contributed by atoms with van der Waals surface area (Å²) >= 11 is 0. The van der Waals surface area contributed by atoms with Crippen molar-refractivity contribution in [3.63, 3.8) is 0 Å². The number of pyridine rings is 1. The van der Waals surface area contributed by atoms with Crippen LogP contribution in [-0.2, 0) is 9.57 Å². The lowest BCUT2D eigenvalue weighted by atomic mass is 10.2. The van der Waals surface area contributed by atoms with Gasteiger partial charge >= 0.3 is 0 Å². The Morgan fingerprint density at radius 1 is 1.69 bits per heavy atom. The maximum Gasteiger partial charge on any atom is 0.143 e. The molecule has 1 aliphatic heterocycles. The summed E-state index contributed by atoms with van der Waals surface area (Å²) in [6, 6.07) is 3.84. The quantitative estimate of drug-likeness (QED) is 0.576. The van der Waals surface area contributed by atoms with Gasteiger partial charge in [0, 0.05) is 24.6 Å². The summed E-state index contributed by atoms with van der Waals surface area (Å²) in [5.74, 6) is 0. The van der Waals surface area contributed by atoms with Gasteiger partial charge in [-0.2, -0.15) is 0 Å². The highest BCUT2D eigenvalue weighted by molar-refractivity contribution is 5.97. The third-order valence-electron chi connectivity index (χ3n) is 2.57. The van der Waals surface area contributed by atoms with Gasteiger partial charge in [-0.25, -0.2) is 0 Å². The summed E-state index contributed by atoms with van der Waals surface area (Å²) in [5, 5.41) is 4.05. The summed E-state index contributed by atoms with van der Waals surface area (Å²) in [4.78, 5) is 9.30. The van der Waals surface area contributed by atoms with E-state index in [2.05, 4.69) is 10.1 Å². The molecule has 0 radical (unpaired) electrons. The lowest BCUT2D eigenvalue weighted by molar-refractivity contribution is 0.0196. The van der Waals surface area contributed by atoms with Gasteiger partial charge in [0.25, 0.3) is 0 Å². The van der Waals surface area contributed by atoms with Gasteiger partial charge in [-0.3, -0.25) is 4.98 Å². The molecular weight excluding hydrogens is 204 g/mol. The smallest absolute Gasteiger partial charge is 0.143 e. The topological polar surface area (TPSA) is 43.7 Å². The summed E-state index contributed by atoms with van der Waals surface area (Å²) in [6.07, 6.45) is 5.92. The zero-order valence-electron chi connectivity index (χ0n) is 9.43. The molecule has 86 valence electrons. The van der Waals surface area contributed by atoms with Crippen LogP contribution in [0.15, 0.2) is 29.7 Å². The maximum absolute atomic E-state index is 5.43. The Bertz CT molecular complexity index is 345. The van der Waals surface area contributed by atoms with Crippen LogP contribution in [0.2, 0.25) is 0 Å². The van der Waals surface area contributed by atoms with E-state index in [-0.39, 0.29) is 6.10 Å². The van der Waals surface area contributed by atoms with E-state index in [0.717, 1.165) is 30.7 Å². The zero-order valence-corrected chi connectivity index (χ0v) is 9.43. The Balaban J connectivity index is 1.82. The van der Waals surface area contributed by atoms with Crippen molar-refractivity contribution < 1.29 is 9.57 Å². The lowest BCUT2D eigenvalue weighted by Gasteiger charge is -2.07. The number of aromatic nitrogens is 1. The summed E-state index contributed by atoms with van der Waals surface area (Å²) in [7, 11) is 0. The highest BCUT2D eigenvalue weighted by atomic mass is 16.6. The van der Waals surface area contributed by atoms with Gasteiger partial charge in [0.05, 0.1) is 11.8 Å². The minimum atomic E-state index is 0.213. The minimum absolute atomic E-state index is 0.213. The summed E-state index contributed by atoms with van der Waals surface area (Å²) in [5.41, 5.74) is 1.82. The van der Waals surface area contributed by atoms with Crippen molar-refractivity contribution in [2.45, 2.75) is 25.9 Å². The second kappa shape index (κ2) is 5.61. The van der Waals surface area contributed by atoms with Crippen molar-refractivity contribution >= 4 is 5.71 Å². The van der Waals surface area contributed by atoms with Crippen molar-refractivity contribution in [2.24, 2.45) is 5.16 Å². The molecule has 1 unspecified atom stereocenters. The van der Waals surface area contributed by atoms with Crippen LogP contribution in [0.3, 0.4) is 0 Å². The predicted molar refractivity (Wildman–Crippen MR) is 61.4 cm³/mol. The van der Waals surface area contributed by atoms with Gasteiger partial charge in [0.2, 0.25) is 0 Å². The number of nitrogens with zero attached hydrogens (tertiary/aromatic N) is 2. The fourth-order valence-electron chi connectivity index (χ4n) is 1.62. The van der Waals surface area contributed by atoms with Crippen LogP contribution in [0.1, 0.15) is 25.3 Å². The Morgan fingerprint density at radius 3 is 3.31 bits per heavy atom. The molecule has 4 nitrogen and oxygen atoms in total. The SMILES string of the molecule is C/C(=N\OCC1CCCO1)c1cccnc1. The number of ether oxygens (including phenoxy) is 1. The number of hydrogen-bond donors (Lipinski definition) is 0. The van der Waals surface area contributed by atoms with E-state index in [0.29, 0.717) is 6.61 Å². The van der Waals surface area contributed by atoms with E-state index in [4.69, 9.17) is 9.57 Å². The van der Waals surface area contributed by atoms with E-state index in [1.807, 2.05) is 19.1 Å².